The average molecular weight is 181 g/mol. The highest BCUT2D eigenvalue weighted by Gasteiger charge is 2.09. The van der Waals surface area contributed by atoms with Gasteiger partial charge in [-0.15, -0.1) is 0 Å². The van der Waals surface area contributed by atoms with Gasteiger partial charge in [0.25, 0.3) is 0 Å². The lowest BCUT2D eigenvalue weighted by molar-refractivity contribution is 0.275. The van der Waals surface area contributed by atoms with E-state index in [0.29, 0.717) is 12.0 Å². The quantitative estimate of drug-likeness (QED) is 0.653. The molecule has 1 atom stereocenters. The van der Waals surface area contributed by atoms with Crippen molar-refractivity contribution >= 4 is 0 Å². The van der Waals surface area contributed by atoms with Crippen LogP contribution in [0.2, 0.25) is 0 Å². The molecule has 13 heavy (non-hydrogen) atoms. The van der Waals surface area contributed by atoms with Gasteiger partial charge in [0.1, 0.15) is 5.75 Å². The molecule has 0 aliphatic carbocycles. The van der Waals surface area contributed by atoms with E-state index in [4.69, 9.17) is 10.8 Å². The Balaban J connectivity index is 2.88. The number of aliphatic hydroxyl groups excluding tert-OH is 1. The monoisotopic (exact) mass is 181 g/mol. The molecule has 0 amide bonds. The molecular weight excluding hydrogens is 166 g/mol. The van der Waals surface area contributed by atoms with Crippen molar-refractivity contribution in [2.45, 2.75) is 19.4 Å². The molecule has 0 aliphatic rings. The fraction of sp³-hybridized carbons (Fsp3) is 0.400. The number of hydrogen-bond donors (Lipinski definition) is 3. The van der Waals surface area contributed by atoms with Crippen LogP contribution in [-0.2, 0) is 0 Å². The third-order valence-corrected chi connectivity index (χ3v) is 2.03. The summed E-state index contributed by atoms with van der Waals surface area (Å²) in [6.07, 6.45) is 0.469. The van der Waals surface area contributed by atoms with Gasteiger partial charge in [-0.1, -0.05) is 12.1 Å². The lowest BCUT2D eigenvalue weighted by atomic mass is 10.0. The highest BCUT2D eigenvalue weighted by molar-refractivity contribution is 5.37. The maximum Gasteiger partial charge on any atom is 0.120 e. The number of phenols is 1. The van der Waals surface area contributed by atoms with Gasteiger partial charge in [0, 0.05) is 18.2 Å². The smallest absolute Gasteiger partial charge is 0.120 e. The summed E-state index contributed by atoms with van der Waals surface area (Å²) in [6.45, 7) is 1.94. The van der Waals surface area contributed by atoms with Crippen LogP contribution in [0, 0.1) is 6.92 Å². The van der Waals surface area contributed by atoms with Gasteiger partial charge in [-0.25, -0.2) is 0 Å². The van der Waals surface area contributed by atoms with Gasteiger partial charge in [-0.2, -0.15) is 0 Å². The van der Waals surface area contributed by atoms with Crippen LogP contribution in [0.25, 0.3) is 0 Å². The number of nitrogens with two attached hydrogens (primary N) is 1. The molecule has 0 fully saturated rings. The van der Waals surface area contributed by atoms with Gasteiger partial charge in [0.2, 0.25) is 0 Å². The molecule has 0 radical (unpaired) electrons. The number of aliphatic hydroxyl groups is 1. The maximum atomic E-state index is 9.53. The minimum absolute atomic E-state index is 0.0362. The molecule has 1 aromatic rings. The molecule has 1 unspecified atom stereocenters. The van der Waals surface area contributed by atoms with E-state index >= 15 is 0 Å². The lowest BCUT2D eigenvalue weighted by Crippen LogP contribution is -2.12. The summed E-state index contributed by atoms with van der Waals surface area (Å²) in [5.41, 5.74) is 7.43. The highest BCUT2D eigenvalue weighted by atomic mass is 16.3. The molecule has 0 bridgehead atoms. The molecule has 72 valence electrons. The minimum atomic E-state index is -0.286. The third kappa shape index (κ3) is 2.44. The molecule has 3 heteroatoms. The summed E-state index contributed by atoms with van der Waals surface area (Å²) in [5.74, 6) is 0.209. The molecule has 4 N–H and O–H groups in total. The Morgan fingerprint density at radius 2 is 2.15 bits per heavy atom. The first-order valence-corrected chi connectivity index (χ1v) is 4.31. The second-order valence-electron chi connectivity index (χ2n) is 3.18. The number of phenolic OH excluding ortho intramolecular Hbond substituents is 1. The Hall–Kier alpha value is -1.06. The number of aryl methyl sites for hydroxylation is 1. The molecule has 0 spiro atoms. The van der Waals surface area contributed by atoms with Crippen LogP contribution < -0.4 is 5.73 Å². The predicted octanol–water partition coefficient (Wildman–Crippen LogP) is 1.08. The summed E-state index contributed by atoms with van der Waals surface area (Å²) < 4.78 is 0. The van der Waals surface area contributed by atoms with Crippen LogP contribution in [-0.4, -0.2) is 16.8 Å². The van der Waals surface area contributed by atoms with E-state index in [1.54, 1.807) is 12.1 Å². The zero-order valence-electron chi connectivity index (χ0n) is 7.70. The second kappa shape index (κ2) is 4.25. The highest BCUT2D eigenvalue weighted by Crippen LogP contribution is 2.25. The van der Waals surface area contributed by atoms with Crippen molar-refractivity contribution in [3.63, 3.8) is 0 Å². The van der Waals surface area contributed by atoms with E-state index in [9.17, 15) is 5.11 Å². The van der Waals surface area contributed by atoms with E-state index in [2.05, 4.69) is 0 Å². The van der Waals surface area contributed by atoms with Gasteiger partial charge in [-0.05, 0) is 25.0 Å². The molecule has 0 saturated heterocycles. The zero-order valence-corrected chi connectivity index (χ0v) is 7.70. The normalized spacial score (nSPS) is 12.8. The van der Waals surface area contributed by atoms with E-state index < -0.39 is 0 Å². The average Bonchev–Trinajstić information content (AvgIpc) is 2.04. The topological polar surface area (TPSA) is 66.5 Å². The van der Waals surface area contributed by atoms with Crippen LogP contribution in [0.1, 0.15) is 23.6 Å². The Labute approximate surface area is 77.8 Å². The SMILES string of the molecule is Cc1ccc(C(N)CCO)c(O)c1. The molecule has 3 nitrogen and oxygen atoms in total. The lowest BCUT2D eigenvalue weighted by Gasteiger charge is -2.12. The Morgan fingerprint density at radius 1 is 1.46 bits per heavy atom. The maximum absolute atomic E-state index is 9.53. The number of aromatic hydroxyl groups is 1. The zero-order chi connectivity index (χ0) is 9.84. The van der Waals surface area contributed by atoms with Crippen molar-refractivity contribution in [3.8, 4) is 5.75 Å². The largest absolute Gasteiger partial charge is 0.508 e. The summed E-state index contributed by atoms with van der Waals surface area (Å²) >= 11 is 0. The van der Waals surface area contributed by atoms with Crippen molar-refractivity contribution in [1.29, 1.82) is 0 Å². The Bertz CT molecular complexity index is 286. The summed E-state index contributed by atoms with van der Waals surface area (Å²) in [7, 11) is 0. The fourth-order valence-electron chi connectivity index (χ4n) is 1.26. The van der Waals surface area contributed by atoms with Crippen LogP contribution in [0.3, 0.4) is 0 Å². The van der Waals surface area contributed by atoms with Crippen LogP contribution in [0.5, 0.6) is 5.75 Å². The fourth-order valence-corrected chi connectivity index (χ4v) is 1.26. The summed E-state index contributed by atoms with van der Waals surface area (Å²) in [4.78, 5) is 0. The van der Waals surface area contributed by atoms with E-state index in [0.717, 1.165) is 5.56 Å². The van der Waals surface area contributed by atoms with Crippen molar-refractivity contribution in [2.24, 2.45) is 5.73 Å². The minimum Gasteiger partial charge on any atom is -0.508 e. The van der Waals surface area contributed by atoms with E-state index in [1.165, 1.54) is 0 Å². The molecule has 1 rings (SSSR count). The van der Waals surface area contributed by atoms with E-state index in [1.807, 2.05) is 13.0 Å². The molecule has 0 aliphatic heterocycles. The first-order chi connectivity index (χ1) is 6.15. The molecule has 0 heterocycles. The van der Waals surface area contributed by atoms with E-state index in [-0.39, 0.29) is 18.4 Å². The molecule has 0 aromatic heterocycles. The number of hydrogen-bond acceptors (Lipinski definition) is 3. The number of rotatable bonds is 3. The van der Waals surface area contributed by atoms with Crippen LogP contribution in [0.15, 0.2) is 18.2 Å². The van der Waals surface area contributed by atoms with Crippen molar-refractivity contribution in [1.82, 2.24) is 0 Å². The van der Waals surface area contributed by atoms with Crippen LogP contribution >= 0.6 is 0 Å². The van der Waals surface area contributed by atoms with Gasteiger partial charge >= 0.3 is 0 Å². The predicted molar refractivity (Wildman–Crippen MR) is 51.5 cm³/mol. The third-order valence-electron chi connectivity index (χ3n) is 2.03. The molecule has 0 saturated carbocycles. The van der Waals surface area contributed by atoms with Gasteiger partial charge in [-0.3, -0.25) is 0 Å². The van der Waals surface area contributed by atoms with Gasteiger partial charge in [0.15, 0.2) is 0 Å². The molecule has 1 aromatic carbocycles. The standard InChI is InChI=1S/C10H15NO2/c1-7-2-3-8(10(13)6-7)9(11)4-5-12/h2-3,6,9,12-13H,4-5,11H2,1H3. The second-order valence-corrected chi connectivity index (χ2v) is 3.18. The molecular formula is C10H15NO2. The van der Waals surface area contributed by atoms with Crippen molar-refractivity contribution in [2.75, 3.05) is 6.61 Å². The number of benzene rings is 1. The van der Waals surface area contributed by atoms with Crippen molar-refractivity contribution in [3.05, 3.63) is 29.3 Å². The summed E-state index contributed by atoms with van der Waals surface area (Å²) in [6, 6.07) is 5.08. The van der Waals surface area contributed by atoms with Gasteiger partial charge < -0.3 is 15.9 Å². The summed E-state index contributed by atoms with van der Waals surface area (Å²) in [5, 5.41) is 18.2. The van der Waals surface area contributed by atoms with Crippen LogP contribution in [0.4, 0.5) is 0 Å². The van der Waals surface area contributed by atoms with Crippen molar-refractivity contribution < 1.29 is 10.2 Å². The Kier molecular flexibility index (Phi) is 3.28. The first kappa shape index (κ1) is 10.0. The first-order valence-electron chi connectivity index (χ1n) is 4.31. The van der Waals surface area contributed by atoms with Gasteiger partial charge in [0.05, 0.1) is 0 Å². The Morgan fingerprint density at radius 3 is 2.69 bits per heavy atom.